The van der Waals surface area contributed by atoms with Crippen LogP contribution in [0.4, 0.5) is 27.1 Å². The summed E-state index contributed by atoms with van der Waals surface area (Å²) in [5, 5.41) is 4.54. The van der Waals surface area contributed by atoms with E-state index < -0.39 is 65.7 Å². The number of halogens is 5. The van der Waals surface area contributed by atoms with Gasteiger partial charge in [-0.2, -0.15) is 13.2 Å². The summed E-state index contributed by atoms with van der Waals surface area (Å²) in [6.07, 6.45) is -3.12. The molecule has 8 nitrogen and oxygen atoms in total. The fraction of sp³-hybridized carbons (Fsp3) is 0.235. The molecule has 3 aromatic rings. The van der Waals surface area contributed by atoms with Gasteiger partial charge in [-0.15, -0.1) is 10.2 Å². The van der Waals surface area contributed by atoms with E-state index in [-0.39, 0.29) is 16.9 Å². The first-order valence-electron chi connectivity index (χ1n) is 8.58. The molecule has 0 aromatic carbocycles. The maximum Gasteiger partial charge on any atom is 0.445 e. The van der Waals surface area contributed by atoms with Crippen molar-refractivity contribution in [3.05, 3.63) is 46.9 Å². The van der Waals surface area contributed by atoms with E-state index in [4.69, 9.17) is 0 Å². The van der Waals surface area contributed by atoms with Gasteiger partial charge in [0.15, 0.2) is 15.7 Å². The van der Waals surface area contributed by atoms with Crippen molar-refractivity contribution < 1.29 is 35.2 Å². The van der Waals surface area contributed by atoms with E-state index >= 15 is 0 Å². The Morgan fingerprint density at radius 2 is 1.81 bits per heavy atom. The molecule has 1 amide bonds. The predicted molar refractivity (Wildman–Crippen MR) is 103 cm³/mol. The van der Waals surface area contributed by atoms with Crippen molar-refractivity contribution >= 4 is 32.2 Å². The quantitative estimate of drug-likeness (QED) is 0.502. The second-order valence-electron chi connectivity index (χ2n) is 6.21. The molecule has 3 aromatic heterocycles. The molecule has 0 unspecified atom stereocenters. The van der Waals surface area contributed by atoms with Crippen LogP contribution in [0.3, 0.4) is 0 Å². The number of rotatable bonds is 5. The number of alkyl halides is 3. The van der Waals surface area contributed by atoms with E-state index in [2.05, 4.69) is 20.2 Å². The van der Waals surface area contributed by atoms with Crippen LogP contribution in [0.2, 0.25) is 0 Å². The molecule has 0 atom stereocenters. The minimum Gasteiger partial charge on any atom is -0.284 e. The van der Waals surface area contributed by atoms with Crippen LogP contribution in [0.25, 0.3) is 11.3 Å². The van der Waals surface area contributed by atoms with E-state index in [1.165, 1.54) is 6.92 Å². The van der Waals surface area contributed by atoms with Crippen LogP contribution in [0.15, 0.2) is 29.4 Å². The van der Waals surface area contributed by atoms with Crippen molar-refractivity contribution in [1.29, 1.82) is 0 Å². The van der Waals surface area contributed by atoms with Gasteiger partial charge in [0.2, 0.25) is 10.1 Å². The van der Waals surface area contributed by atoms with Gasteiger partial charge in [0.1, 0.15) is 17.2 Å². The first kappa shape index (κ1) is 23.6. The van der Waals surface area contributed by atoms with Crippen LogP contribution in [-0.2, 0) is 16.0 Å². The van der Waals surface area contributed by atoms with E-state index in [0.29, 0.717) is 17.2 Å². The maximum absolute atomic E-state index is 14.1. The summed E-state index contributed by atoms with van der Waals surface area (Å²) in [6.45, 7) is 1.29. The van der Waals surface area contributed by atoms with E-state index in [1.807, 2.05) is 0 Å². The second kappa shape index (κ2) is 8.46. The summed E-state index contributed by atoms with van der Waals surface area (Å²) >= 11 is 0.0789. The maximum atomic E-state index is 14.1. The van der Waals surface area contributed by atoms with Crippen LogP contribution in [-0.4, -0.2) is 47.3 Å². The lowest BCUT2D eigenvalue weighted by molar-refractivity contribution is -0.138. The van der Waals surface area contributed by atoms with Crippen molar-refractivity contribution in [2.75, 3.05) is 17.7 Å². The number of hydrogen-bond acceptors (Lipinski definition) is 8. The monoisotopic (exact) mass is 493 g/mol. The highest BCUT2D eigenvalue weighted by Gasteiger charge is 2.37. The van der Waals surface area contributed by atoms with Crippen molar-refractivity contribution in [3.63, 3.8) is 0 Å². The minimum atomic E-state index is -4.78. The number of amides is 1. The van der Waals surface area contributed by atoms with Crippen LogP contribution in [0, 0.1) is 11.6 Å². The normalized spacial score (nSPS) is 12.1. The molecule has 3 heterocycles. The highest BCUT2D eigenvalue weighted by molar-refractivity contribution is 7.91. The highest BCUT2D eigenvalue weighted by atomic mass is 32.2. The second-order valence-corrected chi connectivity index (χ2v) is 9.41. The third kappa shape index (κ3) is 4.57. The summed E-state index contributed by atoms with van der Waals surface area (Å²) in [4.78, 5) is 20.3. The number of sulfone groups is 1. The molecular weight excluding hydrogens is 481 g/mol. The van der Waals surface area contributed by atoms with Crippen LogP contribution >= 0.6 is 11.3 Å². The van der Waals surface area contributed by atoms with Crippen molar-refractivity contribution in [1.82, 2.24) is 20.2 Å². The average Bonchev–Trinajstić information content (AvgIpc) is 3.23. The van der Waals surface area contributed by atoms with Gasteiger partial charge in [0, 0.05) is 24.9 Å². The lowest BCUT2D eigenvalue weighted by atomic mass is 10.1. The first-order chi connectivity index (χ1) is 14.8. The van der Waals surface area contributed by atoms with E-state index in [9.17, 15) is 35.2 Å². The zero-order valence-electron chi connectivity index (χ0n) is 16.2. The summed E-state index contributed by atoms with van der Waals surface area (Å²) in [5.74, 6) is -3.58. The summed E-state index contributed by atoms with van der Waals surface area (Å²) in [7, 11) is -3.03. The molecule has 0 saturated carbocycles. The Kier molecular flexibility index (Phi) is 6.24. The molecule has 0 spiro atoms. The van der Waals surface area contributed by atoms with Gasteiger partial charge in [-0.25, -0.2) is 22.2 Å². The first-order valence-corrected chi connectivity index (χ1v) is 11.0. The number of aromatic nitrogens is 4. The third-order valence-electron chi connectivity index (χ3n) is 4.10. The standard InChI is InChI=1S/C17H12F5N5O3S2/c1-3-32(29,30)11-4-8(12-10(19)5-9(18)7-24-12)6-23-13(11)14(28)27(2)16-26-25-15(31-16)17(20,21)22/h4-7H,3H2,1-2H3. The van der Waals surface area contributed by atoms with Crippen LogP contribution in [0.5, 0.6) is 0 Å². The number of carbonyl (C=O) groups excluding carboxylic acids is 1. The Hall–Kier alpha value is -3.07. The van der Waals surface area contributed by atoms with Crippen LogP contribution in [0.1, 0.15) is 22.4 Å². The number of nitrogens with zero attached hydrogens (tertiary/aromatic N) is 5. The summed E-state index contributed by atoms with van der Waals surface area (Å²) in [5.41, 5.74) is -1.17. The zero-order valence-corrected chi connectivity index (χ0v) is 17.8. The van der Waals surface area contributed by atoms with Gasteiger partial charge in [-0.3, -0.25) is 14.7 Å². The van der Waals surface area contributed by atoms with E-state index in [0.717, 1.165) is 19.3 Å². The number of carbonyl (C=O) groups is 1. The molecular formula is C17H12F5N5O3S2. The van der Waals surface area contributed by atoms with Crippen molar-refractivity contribution in [2.45, 2.75) is 18.0 Å². The molecule has 0 fully saturated rings. The molecule has 0 saturated heterocycles. The molecule has 0 bridgehead atoms. The molecule has 0 radical (unpaired) electrons. The van der Waals surface area contributed by atoms with Gasteiger partial charge in [0.25, 0.3) is 5.91 Å². The van der Waals surface area contributed by atoms with Gasteiger partial charge >= 0.3 is 6.18 Å². The highest BCUT2D eigenvalue weighted by Crippen LogP contribution is 2.34. The summed E-state index contributed by atoms with van der Waals surface area (Å²) < 4.78 is 90.7. The molecule has 3 rings (SSSR count). The minimum absolute atomic E-state index is 0.0789. The largest absolute Gasteiger partial charge is 0.445 e. The fourth-order valence-corrected chi connectivity index (χ4v) is 4.19. The zero-order chi connectivity index (χ0) is 23.8. The lowest BCUT2D eigenvalue weighted by Crippen LogP contribution is -2.29. The van der Waals surface area contributed by atoms with Crippen LogP contribution < -0.4 is 4.90 Å². The average molecular weight is 493 g/mol. The van der Waals surface area contributed by atoms with Crippen molar-refractivity contribution in [3.8, 4) is 11.3 Å². The Morgan fingerprint density at radius 3 is 2.38 bits per heavy atom. The number of pyridine rings is 2. The third-order valence-corrected chi connectivity index (χ3v) is 6.89. The van der Waals surface area contributed by atoms with Gasteiger partial charge < -0.3 is 0 Å². The molecule has 15 heteroatoms. The molecule has 0 aliphatic heterocycles. The Morgan fingerprint density at radius 1 is 1.12 bits per heavy atom. The Labute approximate surface area is 181 Å². The van der Waals surface area contributed by atoms with Gasteiger partial charge in [-0.05, 0) is 6.07 Å². The molecule has 32 heavy (non-hydrogen) atoms. The number of anilines is 1. The Balaban J connectivity index is 2.09. The molecule has 0 aliphatic rings. The van der Waals surface area contributed by atoms with Gasteiger partial charge in [-0.1, -0.05) is 18.3 Å². The van der Waals surface area contributed by atoms with E-state index in [1.54, 1.807) is 0 Å². The molecule has 0 aliphatic carbocycles. The lowest BCUT2D eigenvalue weighted by Gasteiger charge is -2.16. The molecule has 0 N–H and O–H groups in total. The fourth-order valence-electron chi connectivity index (χ4n) is 2.47. The topological polar surface area (TPSA) is 106 Å². The SMILES string of the molecule is CCS(=O)(=O)c1cc(-c2ncc(F)cc2F)cnc1C(=O)N(C)c1nnc(C(F)(F)F)s1. The van der Waals surface area contributed by atoms with Crippen molar-refractivity contribution in [2.24, 2.45) is 0 Å². The number of hydrogen-bond donors (Lipinski definition) is 0. The van der Waals surface area contributed by atoms with Gasteiger partial charge in [0.05, 0.1) is 16.8 Å². The molecule has 170 valence electrons. The summed E-state index contributed by atoms with van der Waals surface area (Å²) in [6, 6.07) is 1.48. The predicted octanol–water partition coefficient (Wildman–Crippen LogP) is 3.36. The smallest absolute Gasteiger partial charge is 0.284 e. The Bertz CT molecular complexity index is 1290.